The van der Waals surface area contributed by atoms with Gasteiger partial charge in [-0.1, -0.05) is 42.1 Å². The second kappa shape index (κ2) is 8.39. The van der Waals surface area contributed by atoms with Crippen LogP contribution in [0, 0.1) is 13.8 Å². The molecule has 2 aromatic carbocycles. The molecule has 0 spiro atoms. The van der Waals surface area contributed by atoms with Gasteiger partial charge < -0.3 is 5.32 Å². The maximum absolute atomic E-state index is 13.3. The molecule has 0 aliphatic rings. The molecule has 0 fully saturated rings. The molecule has 0 aliphatic heterocycles. The monoisotopic (exact) mass is 433 g/mol. The van der Waals surface area contributed by atoms with Crippen LogP contribution in [0.1, 0.15) is 18.3 Å². The molecule has 2 heterocycles. The number of amides is 1. The Labute approximate surface area is 184 Å². The molecule has 0 saturated carbocycles. The van der Waals surface area contributed by atoms with Crippen molar-refractivity contribution in [3.63, 3.8) is 0 Å². The van der Waals surface area contributed by atoms with Gasteiger partial charge in [0.25, 0.3) is 5.56 Å². The molecule has 1 N–H and O–H groups in total. The first kappa shape index (κ1) is 20.9. The average Bonchev–Trinajstić information content (AvgIpc) is 3.00. The van der Waals surface area contributed by atoms with Gasteiger partial charge in [-0.05, 0) is 45.0 Å². The van der Waals surface area contributed by atoms with Crippen molar-refractivity contribution in [3.05, 3.63) is 76.3 Å². The van der Waals surface area contributed by atoms with E-state index < -0.39 is 5.25 Å². The van der Waals surface area contributed by atoms with Crippen LogP contribution in [-0.4, -0.2) is 30.5 Å². The Morgan fingerprint density at radius 3 is 2.42 bits per heavy atom. The highest BCUT2D eigenvalue weighted by molar-refractivity contribution is 8.00. The van der Waals surface area contributed by atoms with E-state index in [0.717, 1.165) is 11.4 Å². The number of hydrogen-bond acceptors (Lipinski definition) is 5. The van der Waals surface area contributed by atoms with Crippen molar-refractivity contribution in [2.24, 2.45) is 7.05 Å². The van der Waals surface area contributed by atoms with Gasteiger partial charge in [-0.15, -0.1) is 0 Å². The summed E-state index contributed by atoms with van der Waals surface area (Å²) in [6.45, 7) is 5.57. The van der Waals surface area contributed by atoms with Gasteiger partial charge in [-0.3, -0.25) is 18.8 Å². The van der Waals surface area contributed by atoms with Gasteiger partial charge in [0.05, 0.1) is 38.9 Å². The number of nitrogens with zero attached hydrogens (tertiary/aromatic N) is 4. The lowest BCUT2D eigenvalue weighted by atomic mass is 10.2. The minimum atomic E-state index is -0.484. The van der Waals surface area contributed by atoms with Crippen molar-refractivity contribution >= 4 is 34.3 Å². The quantitative estimate of drug-likeness (QED) is 0.382. The zero-order valence-electron chi connectivity index (χ0n) is 17.8. The number of aromatic nitrogens is 4. The summed E-state index contributed by atoms with van der Waals surface area (Å²) >= 11 is 1.25. The first-order valence-corrected chi connectivity index (χ1v) is 10.8. The zero-order valence-corrected chi connectivity index (χ0v) is 18.6. The highest BCUT2D eigenvalue weighted by Crippen LogP contribution is 2.27. The van der Waals surface area contributed by atoms with E-state index in [4.69, 9.17) is 4.98 Å². The van der Waals surface area contributed by atoms with E-state index in [2.05, 4.69) is 10.4 Å². The van der Waals surface area contributed by atoms with Gasteiger partial charge in [0.1, 0.15) is 0 Å². The van der Waals surface area contributed by atoms with Crippen LogP contribution in [0.2, 0.25) is 0 Å². The normalized spacial score (nSPS) is 12.1. The summed E-state index contributed by atoms with van der Waals surface area (Å²) in [6, 6.07) is 16.6. The van der Waals surface area contributed by atoms with Gasteiger partial charge in [0.2, 0.25) is 5.91 Å². The number of anilines is 1. The zero-order chi connectivity index (χ0) is 22.1. The van der Waals surface area contributed by atoms with Gasteiger partial charge >= 0.3 is 0 Å². The second-order valence-electron chi connectivity index (χ2n) is 7.31. The second-order valence-corrected chi connectivity index (χ2v) is 8.61. The maximum Gasteiger partial charge on any atom is 0.266 e. The van der Waals surface area contributed by atoms with Crippen molar-refractivity contribution in [1.82, 2.24) is 19.3 Å². The molecule has 0 aliphatic carbocycles. The summed E-state index contributed by atoms with van der Waals surface area (Å²) in [5.74, 6) is -0.175. The number of hydrogen-bond donors (Lipinski definition) is 1. The van der Waals surface area contributed by atoms with Crippen LogP contribution < -0.4 is 10.9 Å². The van der Waals surface area contributed by atoms with E-state index in [1.165, 1.54) is 11.8 Å². The molecule has 31 heavy (non-hydrogen) atoms. The van der Waals surface area contributed by atoms with E-state index in [-0.39, 0.29) is 11.5 Å². The molecule has 2 aromatic heterocycles. The van der Waals surface area contributed by atoms with Crippen LogP contribution in [0.15, 0.2) is 64.5 Å². The van der Waals surface area contributed by atoms with Crippen LogP contribution in [-0.2, 0) is 11.8 Å². The summed E-state index contributed by atoms with van der Waals surface area (Å²) < 4.78 is 3.30. The number of nitrogens with one attached hydrogen (secondary N) is 1. The van der Waals surface area contributed by atoms with Crippen molar-refractivity contribution in [1.29, 1.82) is 0 Å². The summed E-state index contributed by atoms with van der Waals surface area (Å²) in [7, 11) is 1.84. The molecule has 158 valence electrons. The molecule has 0 saturated heterocycles. The Hall–Kier alpha value is -3.39. The number of aryl methyl sites for hydroxylation is 2. The summed E-state index contributed by atoms with van der Waals surface area (Å²) in [6.07, 6.45) is 0. The first-order chi connectivity index (χ1) is 14.9. The van der Waals surface area contributed by atoms with E-state index in [1.54, 1.807) is 22.2 Å². The molecule has 0 radical (unpaired) electrons. The smallest absolute Gasteiger partial charge is 0.266 e. The van der Waals surface area contributed by atoms with Crippen molar-refractivity contribution < 1.29 is 4.79 Å². The fraction of sp³-hybridized carbons (Fsp3) is 0.217. The number of thioether (sulfide) groups is 1. The highest BCUT2D eigenvalue weighted by atomic mass is 32.2. The lowest BCUT2D eigenvalue weighted by Crippen LogP contribution is -2.26. The van der Waals surface area contributed by atoms with Gasteiger partial charge in [-0.25, -0.2) is 4.98 Å². The summed E-state index contributed by atoms with van der Waals surface area (Å²) in [4.78, 5) is 30.9. The Morgan fingerprint density at radius 2 is 1.74 bits per heavy atom. The van der Waals surface area contributed by atoms with Gasteiger partial charge in [0, 0.05) is 7.05 Å². The highest BCUT2D eigenvalue weighted by Gasteiger charge is 2.22. The molecule has 7 nitrogen and oxygen atoms in total. The molecule has 1 amide bonds. The van der Waals surface area contributed by atoms with Crippen LogP contribution in [0.5, 0.6) is 0 Å². The molecule has 0 bridgehead atoms. The molecule has 1 unspecified atom stereocenters. The fourth-order valence-electron chi connectivity index (χ4n) is 3.39. The van der Waals surface area contributed by atoms with Crippen molar-refractivity contribution in [2.75, 3.05) is 5.32 Å². The van der Waals surface area contributed by atoms with E-state index in [0.29, 0.717) is 27.4 Å². The lowest BCUT2D eigenvalue weighted by molar-refractivity contribution is -0.115. The van der Waals surface area contributed by atoms with Crippen LogP contribution in [0.3, 0.4) is 0 Å². The number of carbonyl (C=O) groups excluding carboxylic acids is 1. The molecule has 1 atom stereocenters. The van der Waals surface area contributed by atoms with E-state index in [1.807, 2.05) is 69.4 Å². The third-order valence-electron chi connectivity index (χ3n) is 5.17. The Morgan fingerprint density at radius 1 is 1.06 bits per heavy atom. The third kappa shape index (κ3) is 3.98. The van der Waals surface area contributed by atoms with Gasteiger partial charge in [0.15, 0.2) is 5.16 Å². The molecule has 4 aromatic rings. The number of benzene rings is 2. The number of rotatable bonds is 5. The third-order valence-corrected chi connectivity index (χ3v) is 6.22. The molecular weight excluding hydrogens is 410 g/mol. The lowest BCUT2D eigenvalue weighted by Gasteiger charge is -2.16. The van der Waals surface area contributed by atoms with Crippen LogP contribution >= 0.6 is 11.8 Å². The predicted octanol–water partition coefficient (Wildman–Crippen LogP) is 3.86. The summed E-state index contributed by atoms with van der Waals surface area (Å²) in [5, 5.41) is 7.84. The molecule has 8 heteroatoms. The van der Waals surface area contributed by atoms with E-state index in [9.17, 15) is 9.59 Å². The predicted molar refractivity (Wildman–Crippen MR) is 124 cm³/mol. The minimum Gasteiger partial charge on any atom is -0.322 e. The Kier molecular flexibility index (Phi) is 5.65. The van der Waals surface area contributed by atoms with Crippen LogP contribution in [0.4, 0.5) is 5.69 Å². The number of carbonyl (C=O) groups is 1. The van der Waals surface area contributed by atoms with Crippen molar-refractivity contribution in [2.45, 2.75) is 31.2 Å². The van der Waals surface area contributed by atoms with E-state index >= 15 is 0 Å². The molecular formula is C23H23N5O2S. The largest absolute Gasteiger partial charge is 0.322 e. The topological polar surface area (TPSA) is 81.8 Å². The first-order valence-electron chi connectivity index (χ1n) is 9.91. The Bertz CT molecular complexity index is 1330. The SMILES string of the molecule is Cc1nn(C)c(C)c1NC(=O)C(C)Sc1nc2ccccc2c(=O)n1-c1ccccc1. The van der Waals surface area contributed by atoms with Gasteiger partial charge in [-0.2, -0.15) is 5.10 Å². The Balaban J connectivity index is 1.72. The maximum atomic E-state index is 13.3. The number of para-hydroxylation sites is 2. The van der Waals surface area contributed by atoms with Crippen molar-refractivity contribution in [3.8, 4) is 5.69 Å². The van der Waals surface area contributed by atoms with Crippen LogP contribution in [0.25, 0.3) is 16.6 Å². The summed E-state index contributed by atoms with van der Waals surface area (Å²) in [5.41, 5.74) is 3.51. The average molecular weight is 434 g/mol. The fourth-order valence-corrected chi connectivity index (χ4v) is 4.31. The minimum absolute atomic E-state index is 0.161. The number of fused-ring (bicyclic) bond motifs is 1. The molecule has 4 rings (SSSR count). The standard InChI is InChI=1S/C23H23N5O2S/c1-14-20(15(2)27(4)26-14)25-21(29)16(3)31-23-24-19-13-9-8-12-18(19)22(30)28(23)17-10-6-5-7-11-17/h5-13,16H,1-4H3,(H,25,29).